The van der Waals surface area contributed by atoms with E-state index in [4.69, 9.17) is 11.6 Å². The van der Waals surface area contributed by atoms with Gasteiger partial charge in [-0.25, -0.2) is 0 Å². The van der Waals surface area contributed by atoms with Gasteiger partial charge in [-0.05, 0) is 54.1 Å². The summed E-state index contributed by atoms with van der Waals surface area (Å²) >= 11 is 7.52. The summed E-state index contributed by atoms with van der Waals surface area (Å²) < 4.78 is 1.75. The summed E-state index contributed by atoms with van der Waals surface area (Å²) in [5.41, 5.74) is 2.79. The smallest absolute Gasteiger partial charge is 0.212 e. The predicted octanol–water partition coefficient (Wildman–Crippen LogP) is 4.24. The van der Waals surface area contributed by atoms with Gasteiger partial charge < -0.3 is 5.11 Å². The van der Waals surface area contributed by atoms with Crippen molar-refractivity contribution in [2.45, 2.75) is 5.16 Å². The molecular weight excluding hydrogens is 412 g/mol. The minimum atomic E-state index is 0. The number of aromatic hydroxyl groups is 1. The van der Waals surface area contributed by atoms with Crippen molar-refractivity contribution in [2.75, 3.05) is 5.75 Å². The van der Waals surface area contributed by atoms with Crippen LogP contribution in [0.15, 0.2) is 58.8 Å². The van der Waals surface area contributed by atoms with Crippen molar-refractivity contribution in [3.05, 3.63) is 59.1 Å². The third-order valence-electron chi connectivity index (χ3n) is 3.47. The molecule has 24 heavy (non-hydrogen) atoms. The normalized spacial score (nSPS) is 13.0. The van der Waals surface area contributed by atoms with Crippen LogP contribution in [0.2, 0.25) is 5.02 Å². The summed E-state index contributed by atoms with van der Waals surface area (Å²) in [6.45, 7) is 0. The van der Waals surface area contributed by atoms with Gasteiger partial charge in [0.25, 0.3) is 0 Å². The maximum absolute atomic E-state index is 9.41. The molecule has 3 aromatic rings. The summed E-state index contributed by atoms with van der Waals surface area (Å²) in [6, 6.07) is 14.5. The molecule has 1 aliphatic rings. The molecule has 0 fully saturated rings. The SMILES string of the molecule is Br.Oc1ccc(C2=Nn3c(nnc3-c3ccc(Cl)cc3)SC2)cc1. The van der Waals surface area contributed by atoms with E-state index in [-0.39, 0.29) is 22.7 Å². The molecule has 8 heteroatoms. The van der Waals surface area contributed by atoms with E-state index in [2.05, 4.69) is 15.3 Å². The fourth-order valence-corrected chi connectivity index (χ4v) is 3.27. The van der Waals surface area contributed by atoms with E-state index in [1.54, 1.807) is 28.6 Å². The zero-order chi connectivity index (χ0) is 15.8. The first-order valence-corrected chi connectivity index (χ1v) is 8.28. The quantitative estimate of drug-likeness (QED) is 0.669. The predicted molar refractivity (Wildman–Crippen MR) is 102 cm³/mol. The lowest BCUT2D eigenvalue weighted by Gasteiger charge is -2.14. The van der Waals surface area contributed by atoms with Gasteiger partial charge in [0.15, 0.2) is 5.82 Å². The van der Waals surface area contributed by atoms with Gasteiger partial charge in [0.1, 0.15) is 5.75 Å². The second kappa shape index (κ2) is 6.96. The van der Waals surface area contributed by atoms with Crippen LogP contribution in [0, 0.1) is 0 Å². The van der Waals surface area contributed by atoms with Crippen LogP contribution in [0.4, 0.5) is 0 Å². The number of rotatable bonds is 2. The van der Waals surface area contributed by atoms with Crippen LogP contribution in [0.3, 0.4) is 0 Å². The molecule has 0 aliphatic carbocycles. The second-order valence-corrected chi connectivity index (χ2v) is 6.39. The number of aromatic nitrogens is 3. The molecule has 0 bridgehead atoms. The number of thioether (sulfide) groups is 1. The molecule has 0 unspecified atom stereocenters. The first-order chi connectivity index (χ1) is 11.2. The van der Waals surface area contributed by atoms with Crippen LogP contribution < -0.4 is 0 Å². The molecule has 1 N–H and O–H groups in total. The van der Waals surface area contributed by atoms with Gasteiger partial charge in [0.2, 0.25) is 5.16 Å². The van der Waals surface area contributed by atoms with Gasteiger partial charge in [-0.3, -0.25) is 0 Å². The standard InChI is InChI=1S/C16H11ClN4OS.BrH/c17-12-5-1-11(2-6-12)15-18-19-16-21(15)20-14(9-23-16)10-3-7-13(22)8-4-10;/h1-8,22H,9H2;1H. The molecule has 0 spiro atoms. The first kappa shape index (κ1) is 17.0. The van der Waals surface area contributed by atoms with Crippen LogP contribution >= 0.6 is 40.3 Å². The molecule has 2 aromatic carbocycles. The Morgan fingerprint density at radius 2 is 1.62 bits per heavy atom. The molecule has 0 amide bonds. The van der Waals surface area contributed by atoms with Crippen molar-refractivity contribution in [1.29, 1.82) is 0 Å². The summed E-state index contributed by atoms with van der Waals surface area (Å²) in [7, 11) is 0. The van der Waals surface area contributed by atoms with Gasteiger partial charge in [-0.1, -0.05) is 23.4 Å². The third kappa shape index (κ3) is 3.19. The number of halogens is 2. The van der Waals surface area contributed by atoms with Crippen molar-refractivity contribution in [1.82, 2.24) is 14.9 Å². The average molecular weight is 424 g/mol. The molecule has 1 aliphatic heterocycles. The molecule has 0 saturated heterocycles. The van der Waals surface area contributed by atoms with Gasteiger partial charge in [-0.15, -0.1) is 27.2 Å². The monoisotopic (exact) mass is 422 g/mol. The number of hydrogen-bond acceptors (Lipinski definition) is 5. The lowest BCUT2D eigenvalue weighted by Crippen LogP contribution is -2.13. The van der Waals surface area contributed by atoms with E-state index in [9.17, 15) is 5.11 Å². The Morgan fingerprint density at radius 1 is 0.958 bits per heavy atom. The van der Waals surface area contributed by atoms with E-state index in [0.29, 0.717) is 16.6 Å². The summed E-state index contributed by atoms with van der Waals surface area (Å²) in [5, 5.41) is 24.0. The van der Waals surface area contributed by atoms with Crippen LogP contribution in [0.5, 0.6) is 5.75 Å². The Labute approximate surface area is 158 Å². The van der Waals surface area contributed by atoms with Gasteiger partial charge in [0.05, 0.1) is 5.71 Å². The van der Waals surface area contributed by atoms with Crippen LogP contribution in [0.25, 0.3) is 11.4 Å². The van der Waals surface area contributed by atoms with Crippen molar-refractivity contribution in [3.63, 3.8) is 0 Å². The first-order valence-electron chi connectivity index (χ1n) is 6.92. The largest absolute Gasteiger partial charge is 0.508 e. The maximum atomic E-state index is 9.41. The number of phenols is 1. The number of phenolic OH excluding ortho intramolecular Hbond substituents is 1. The Bertz CT molecular complexity index is 893. The van der Waals surface area contributed by atoms with E-state index >= 15 is 0 Å². The minimum Gasteiger partial charge on any atom is -0.508 e. The maximum Gasteiger partial charge on any atom is 0.212 e. The second-order valence-electron chi connectivity index (χ2n) is 5.01. The average Bonchev–Trinajstić information content (AvgIpc) is 2.99. The van der Waals surface area contributed by atoms with Crippen LogP contribution in [-0.2, 0) is 0 Å². The number of nitrogens with zero attached hydrogens (tertiary/aromatic N) is 4. The molecular formula is C16H12BrClN4OS. The third-order valence-corrected chi connectivity index (χ3v) is 4.66. The van der Waals surface area contributed by atoms with E-state index in [1.165, 1.54) is 0 Å². The van der Waals surface area contributed by atoms with Crippen molar-refractivity contribution in [3.8, 4) is 17.1 Å². The summed E-state index contributed by atoms with van der Waals surface area (Å²) in [4.78, 5) is 0. The zero-order valence-electron chi connectivity index (χ0n) is 12.3. The van der Waals surface area contributed by atoms with Crippen molar-refractivity contribution < 1.29 is 5.11 Å². The highest BCUT2D eigenvalue weighted by atomic mass is 79.9. The highest BCUT2D eigenvalue weighted by molar-refractivity contribution is 8.93. The topological polar surface area (TPSA) is 63.3 Å². The van der Waals surface area contributed by atoms with Gasteiger partial charge in [-0.2, -0.15) is 9.78 Å². The van der Waals surface area contributed by atoms with Gasteiger partial charge >= 0.3 is 0 Å². The Kier molecular flexibility index (Phi) is 4.93. The highest BCUT2D eigenvalue weighted by Gasteiger charge is 2.20. The molecule has 5 nitrogen and oxygen atoms in total. The van der Waals surface area contributed by atoms with E-state index in [0.717, 1.165) is 22.0 Å². The van der Waals surface area contributed by atoms with Crippen molar-refractivity contribution >= 4 is 46.1 Å². The molecule has 0 atom stereocenters. The molecule has 122 valence electrons. The van der Waals surface area contributed by atoms with E-state index < -0.39 is 0 Å². The summed E-state index contributed by atoms with van der Waals surface area (Å²) in [6.07, 6.45) is 0. The zero-order valence-corrected chi connectivity index (χ0v) is 15.5. The lowest BCUT2D eigenvalue weighted by molar-refractivity contribution is 0.475. The van der Waals surface area contributed by atoms with E-state index in [1.807, 2.05) is 36.4 Å². The Morgan fingerprint density at radius 3 is 2.33 bits per heavy atom. The highest BCUT2D eigenvalue weighted by Crippen LogP contribution is 2.29. The number of benzene rings is 2. The fourth-order valence-electron chi connectivity index (χ4n) is 2.30. The van der Waals surface area contributed by atoms with Gasteiger partial charge in [0, 0.05) is 16.3 Å². The lowest BCUT2D eigenvalue weighted by atomic mass is 10.1. The van der Waals surface area contributed by atoms with Crippen LogP contribution in [-0.4, -0.2) is 31.4 Å². The fraction of sp³-hybridized carbons (Fsp3) is 0.0625. The van der Waals surface area contributed by atoms with Crippen LogP contribution in [0.1, 0.15) is 5.56 Å². The molecule has 0 radical (unpaired) electrons. The molecule has 1 aromatic heterocycles. The number of hydrogen-bond donors (Lipinski definition) is 1. The Balaban J connectivity index is 0.00000169. The molecule has 4 rings (SSSR count). The van der Waals surface area contributed by atoms with Crippen molar-refractivity contribution in [2.24, 2.45) is 5.10 Å². The minimum absolute atomic E-state index is 0. The Hall–Kier alpha value is -1.83. The summed E-state index contributed by atoms with van der Waals surface area (Å²) in [5.74, 6) is 1.63. The number of fused-ring (bicyclic) bond motifs is 1. The molecule has 2 heterocycles. The molecule has 0 saturated carbocycles.